The van der Waals surface area contributed by atoms with Crippen molar-refractivity contribution in [3.05, 3.63) is 29.8 Å². The molecule has 0 bridgehead atoms. The highest BCUT2D eigenvalue weighted by Crippen LogP contribution is 2.28. The van der Waals surface area contributed by atoms with Crippen molar-refractivity contribution in [3.8, 4) is 0 Å². The van der Waals surface area contributed by atoms with Gasteiger partial charge in [-0.2, -0.15) is 0 Å². The number of furan rings is 1. The minimum atomic E-state index is -0.795. The van der Waals surface area contributed by atoms with E-state index in [4.69, 9.17) is 4.42 Å². The summed E-state index contributed by atoms with van der Waals surface area (Å²) in [7, 11) is 0. The van der Waals surface area contributed by atoms with Gasteiger partial charge in [0.15, 0.2) is 5.76 Å². The third kappa shape index (κ3) is 2.00. The molecule has 0 aliphatic carbocycles. The third-order valence-corrected chi connectivity index (χ3v) is 3.67. The zero-order valence-electron chi connectivity index (χ0n) is 11.0. The van der Waals surface area contributed by atoms with Crippen LogP contribution in [-0.2, 0) is 0 Å². The van der Waals surface area contributed by atoms with Crippen molar-refractivity contribution in [1.82, 2.24) is 9.88 Å². The average molecular weight is 260 g/mol. The molecule has 1 saturated heterocycles. The monoisotopic (exact) mass is 260 g/mol. The lowest BCUT2D eigenvalue weighted by Crippen LogP contribution is -2.33. The van der Waals surface area contributed by atoms with Gasteiger partial charge in [-0.3, -0.25) is 9.78 Å². The number of pyridine rings is 1. The van der Waals surface area contributed by atoms with Crippen molar-refractivity contribution in [2.45, 2.75) is 25.9 Å². The van der Waals surface area contributed by atoms with E-state index < -0.39 is 5.60 Å². The first-order chi connectivity index (χ1) is 8.98. The molecule has 3 heterocycles. The quantitative estimate of drug-likeness (QED) is 0.848. The van der Waals surface area contributed by atoms with Crippen molar-refractivity contribution < 1.29 is 14.3 Å². The molecule has 5 nitrogen and oxygen atoms in total. The molecule has 5 heteroatoms. The fraction of sp³-hybridized carbons (Fsp3) is 0.429. The lowest BCUT2D eigenvalue weighted by Gasteiger charge is -2.18. The van der Waals surface area contributed by atoms with Crippen LogP contribution in [0.4, 0.5) is 0 Å². The molecule has 1 aliphatic rings. The molecule has 0 saturated carbocycles. The molecule has 1 atom stereocenters. The molecular formula is C14H16N2O3. The summed E-state index contributed by atoms with van der Waals surface area (Å²) >= 11 is 0. The minimum Gasteiger partial charge on any atom is -0.450 e. The second kappa shape index (κ2) is 4.06. The Morgan fingerprint density at radius 1 is 1.58 bits per heavy atom. The SMILES string of the molecule is Cc1c(C(=O)N2CCC(C)(O)C2)oc2ccncc12. The summed E-state index contributed by atoms with van der Waals surface area (Å²) in [4.78, 5) is 18.1. The Morgan fingerprint density at radius 2 is 2.37 bits per heavy atom. The van der Waals surface area contributed by atoms with Gasteiger partial charge in [-0.05, 0) is 26.3 Å². The van der Waals surface area contributed by atoms with Crippen LogP contribution >= 0.6 is 0 Å². The molecule has 3 rings (SSSR count). The average Bonchev–Trinajstić information content (AvgIpc) is 2.90. The number of carbonyl (C=O) groups is 1. The smallest absolute Gasteiger partial charge is 0.289 e. The zero-order valence-corrected chi connectivity index (χ0v) is 11.0. The minimum absolute atomic E-state index is 0.161. The van der Waals surface area contributed by atoms with E-state index >= 15 is 0 Å². The van der Waals surface area contributed by atoms with Gasteiger partial charge in [-0.1, -0.05) is 0 Å². The molecular weight excluding hydrogens is 244 g/mol. The van der Waals surface area contributed by atoms with E-state index in [2.05, 4.69) is 4.98 Å². The van der Waals surface area contributed by atoms with E-state index in [0.29, 0.717) is 30.9 Å². The maximum Gasteiger partial charge on any atom is 0.289 e. The van der Waals surface area contributed by atoms with Crippen LogP contribution in [0.1, 0.15) is 29.5 Å². The molecule has 0 spiro atoms. The number of rotatable bonds is 1. The predicted molar refractivity (Wildman–Crippen MR) is 69.9 cm³/mol. The maximum absolute atomic E-state index is 12.4. The highest BCUT2D eigenvalue weighted by Gasteiger charge is 2.36. The number of hydrogen-bond donors (Lipinski definition) is 1. The van der Waals surface area contributed by atoms with E-state index in [9.17, 15) is 9.90 Å². The highest BCUT2D eigenvalue weighted by molar-refractivity contribution is 5.98. The topological polar surface area (TPSA) is 66.6 Å². The third-order valence-electron chi connectivity index (χ3n) is 3.67. The lowest BCUT2D eigenvalue weighted by molar-refractivity contribution is 0.0555. The van der Waals surface area contributed by atoms with Crippen LogP contribution < -0.4 is 0 Å². The van der Waals surface area contributed by atoms with Gasteiger partial charge in [-0.25, -0.2) is 0 Å². The second-order valence-electron chi connectivity index (χ2n) is 5.40. The van der Waals surface area contributed by atoms with Gasteiger partial charge in [0.25, 0.3) is 5.91 Å². The molecule has 19 heavy (non-hydrogen) atoms. The van der Waals surface area contributed by atoms with Gasteiger partial charge in [0.2, 0.25) is 0 Å². The van der Waals surface area contributed by atoms with Crippen LogP contribution in [0.15, 0.2) is 22.9 Å². The maximum atomic E-state index is 12.4. The van der Waals surface area contributed by atoms with Crippen LogP contribution in [0, 0.1) is 6.92 Å². The number of likely N-dealkylation sites (tertiary alicyclic amines) is 1. The number of aromatic nitrogens is 1. The Bertz CT molecular complexity index is 645. The Labute approximate surface area is 110 Å². The molecule has 1 N–H and O–H groups in total. The first-order valence-corrected chi connectivity index (χ1v) is 6.33. The van der Waals surface area contributed by atoms with E-state index in [1.54, 1.807) is 30.3 Å². The fourth-order valence-corrected chi connectivity index (χ4v) is 2.53. The van der Waals surface area contributed by atoms with Gasteiger partial charge in [0, 0.05) is 36.4 Å². The van der Waals surface area contributed by atoms with Crippen LogP contribution in [0.3, 0.4) is 0 Å². The van der Waals surface area contributed by atoms with Gasteiger partial charge in [-0.15, -0.1) is 0 Å². The van der Waals surface area contributed by atoms with Gasteiger partial charge in [0.1, 0.15) is 5.58 Å². The Balaban J connectivity index is 1.96. The van der Waals surface area contributed by atoms with Crippen LogP contribution in [0.2, 0.25) is 0 Å². The summed E-state index contributed by atoms with van der Waals surface area (Å²) in [5.74, 6) is 0.187. The van der Waals surface area contributed by atoms with Crippen molar-refractivity contribution in [2.75, 3.05) is 13.1 Å². The van der Waals surface area contributed by atoms with Crippen molar-refractivity contribution in [1.29, 1.82) is 0 Å². The summed E-state index contributed by atoms with van der Waals surface area (Å²) in [5, 5.41) is 10.8. The molecule has 100 valence electrons. The predicted octanol–water partition coefficient (Wildman–Crippen LogP) is 1.73. The van der Waals surface area contributed by atoms with E-state index in [-0.39, 0.29) is 5.91 Å². The van der Waals surface area contributed by atoms with Gasteiger partial charge in [0.05, 0.1) is 5.60 Å². The van der Waals surface area contributed by atoms with Crippen LogP contribution in [0.25, 0.3) is 11.0 Å². The van der Waals surface area contributed by atoms with E-state index in [0.717, 1.165) is 10.9 Å². The largest absolute Gasteiger partial charge is 0.450 e. The Kier molecular flexibility index (Phi) is 2.60. The van der Waals surface area contributed by atoms with Gasteiger partial charge >= 0.3 is 0 Å². The Hall–Kier alpha value is -1.88. The number of amides is 1. The standard InChI is InChI=1S/C14H16N2O3/c1-9-10-7-15-5-3-11(10)19-12(9)13(17)16-6-4-14(2,18)8-16/h3,5,7,18H,4,6,8H2,1-2H3. The number of nitrogens with zero attached hydrogens (tertiary/aromatic N) is 2. The molecule has 2 aromatic heterocycles. The van der Waals surface area contributed by atoms with Crippen molar-refractivity contribution in [3.63, 3.8) is 0 Å². The number of carbonyl (C=O) groups excluding carboxylic acids is 1. The van der Waals surface area contributed by atoms with Crippen molar-refractivity contribution in [2.24, 2.45) is 0 Å². The molecule has 0 radical (unpaired) electrons. The molecule has 1 amide bonds. The summed E-state index contributed by atoms with van der Waals surface area (Å²) in [6.45, 7) is 4.51. The fourth-order valence-electron chi connectivity index (χ4n) is 2.53. The first kappa shape index (κ1) is 12.2. The number of hydrogen-bond acceptors (Lipinski definition) is 4. The van der Waals surface area contributed by atoms with Gasteiger partial charge < -0.3 is 14.4 Å². The molecule has 1 unspecified atom stereocenters. The Morgan fingerprint density at radius 3 is 3.00 bits per heavy atom. The summed E-state index contributed by atoms with van der Waals surface area (Å²) in [5.41, 5.74) is 0.679. The number of β-amino-alcohol motifs (C(OH)–C–C–N with tert-alkyl or cyclic N) is 1. The molecule has 0 aromatic carbocycles. The highest BCUT2D eigenvalue weighted by atomic mass is 16.3. The van der Waals surface area contributed by atoms with Crippen LogP contribution in [0.5, 0.6) is 0 Å². The van der Waals surface area contributed by atoms with E-state index in [1.807, 2.05) is 6.92 Å². The number of aryl methyl sites for hydroxylation is 1. The zero-order chi connectivity index (χ0) is 13.6. The molecule has 2 aromatic rings. The normalized spacial score (nSPS) is 23.2. The molecule has 1 fully saturated rings. The second-order valence-corrected chi connectivity index (χ2v) is 5.40. The summed E-state index contributed by atoms with van der Waals surface area (Å²) in [6, 6.07) is 1.75. The number of aliphatic hydroxyl groups is 1. The first-order valence-electron chi connectivity index (χ1n) is 6.33. The van der Waals surface area contributed by atoms with Crippen molar-refractivity contribution >= 4 is 16.9 Å². The summed E-state index contributed by atoms with van der Waals surface area (Å²) in [6.07, 6.45) is 3.94. The summed E-state index contributed by atoms with van der Waals surface area (Å²) < 4.78 is 5.63. The molecule has 1 aliphatic heterocycles. The van der Waals surface area contributed by atoms with Crippen LogP contribution in [-0.4, -0.2) is 39.6 Å². The lowest BCUT2D eigenvalue weighted by atomic mass is 10.1. The van der Waals surface area contributed by atoms with E-state index in [1.165, 1.54) is 0 Å². The number of fused-ring (bicyclic) bond motifs is 1.